The van der Waals surface area contributed by atoms with Gasteiger partial charge in [0.15, 0.2) is 0 Å². The second-order valence-corrected chi connectivity index (χ2v) is 11.2. The first-order valence-electron chi connectivity index (χ1n) is 15.6. The van der Waals surface area contributed by atoms with Crippen LogP contribution in [-0.4, -0.2) is 0 Å². The van der Waals surface area contributed by atoms with E-state index in [1.165, 1.54) is 173 Å². The zero-order chi connectivity index (χ0) is 23.4. The average molecular weight is 450 g/mol. The molecule has 0 aromatic carbocycles. The van der Waals surface area contributed by atoms with Gasteiger partial charge in [0.1, 0.15) is 0 Å². The van der Waals surface area contributed by atoms with Crippen molar-refractivity contribution in [3.63, 3.8) is 0 Å². The van der Waals surface area contributed by atoms with Crippen LogP contribution in [-0.2, 0) is 0 Å². The van der Waals surface area contributed by atoms with Gasteiger partial charge in [-0.15, -0.1) is 0 Å². The first-order chi connectivity index (χ1) is 15.8. The van der Waals surface area contributed by atoms with Crippen molar-refractivity contribution in [1.82, 2.24) is 0 Å². The summed E-state index contributed by atoms with van der Waals surface area (Å²) in [5.41, 5.74) is 0. The molecule has 193 valence electrons. The molecule has 0 aliphatic rings. The molecule has 1 radical (unpaired) electrons. The van der Waals surface area contributed by atoms with Crippen LogP contribution in [0.15, 0.2) is 0 Å². The van der Waals surface area contributed by atoms with E-state index in [1.54, 1.807) is 0 Å². The maximum absolute atomic E-state index is 3.92. The lowest BCUT2D eigenvalue weighted by Crippen LogP contribution is -1.87. The standard InChI is InChI=1S/C32H65/c1-4-5-6-7-8-9-10-11-12-13-14-15-16-17-18-19-20-21-22-23-24-25-26-27-28-29-30-31-32(2)3/h32H,1,4-31H2,2-3H3. The van der Waals surface area contributed by atoms with Gasteiger partial charge in [-0.2, -0.15) is 0 Å². The van der Waals surface area contributed by atoms with Crippen molar-refractivity contribution in [3.05, 3.63) is 6.92 Å². The Bertz CT molecular complexity index is 305. The number of hydrogen-bond donors (Lipinski definition) is 0. The topological polar surface area (TPSA) is 0 Å². The summed E-state index contributed by atoms with van der Waals surface area (Å²) in [7, 11) is 0. The van der Waals surface area contributed by atoms with Crippen molar-refractivity contribution >= 4 is 0 Å². The molecule has 0 unspecified atom stereocenters. The number of rotatable bonds is 28. The molecule has 0 fully saturated rings. The summed E-state index contributed by atoms with van der Waals surface area (Å²) in [6, 6.07) is 0. The fraction of sp³-hybridized carbons (Fsp3) is 0.969. The Hall–Kier alpha value is 0. The Kier molecular flexibility index (Phi) is 29.0. The molecule has 0 saturated carbocycles. The fourth-order valence-electron chi connectivity index (χ4n) is 4.97. The van der Waals surface area contributed by atoms with Gasteiger partial charge < -0.3 is 0 Å². The first-order valence-corrected chi connectivity index (χ1v) is 15.6. The van der Waals surface area contributed by atoms with E-state index < -0.39 is 0 Å². The van der Waals surface area contributed by atoms with Crippen LogP contribution in [0.25, 0.3) is 0 Å². The minimum absolute atomic E-state index is 0.896. The van der Waals surface area contributed by atoms with Crippen molar-refractivity contribution in [1.29, 1.82) is 0 Å². The normalized spacial score (nSPS) is 11.6. The lowest BCUT2D eigenvalue weighted by molar-refractivity contribution is 0.500. The molecule has 0 nitrogen and oxygen atoms in total. The quantitative estimate of drug-likeness (QED) is 0.104. The maximum atomic E-state index is 3.92. The maximum Gasteiger partial charge on any atom is -0.0471 e. The van der Waals surface area contributed by atoms with Gasteiger partial charge in [-0.1, -0.05) is 201 Å². The minimum atomic E-state index is 0.896. The van der Waals surface area contributed by atoms with E-state index >= 15 is 0 Å². The van der Waals surface area contributed by atoms with Crippen LogP contribution in [0.4, 0.5) is 0 Å². The highest BCUT2D eigenvalue weighted by Gasteiger charge is 1.97. The summed E-state index contributed by atoms with van der Waals surface area (Å²) in [4.78, 5) is 0. The molecule has 0 heteroatoms. The molecular formula is C32H65. The summed E-state index contributed by atoms with van der Waals surface area (Å²) in [5.74, 6) is 0.896. The van der Waals surface area contributed by atoms with E-state index in [9.17, 15) is 0 Å². The molecule has 0 amide bonds. The Labute approximate surface area is 206 Å². The van der Waals surface area contributed by atoms with Crippen LogP contribution < -0.4 is 0 Å². The monoisotopic (exact) mass is 450 g/mol. The highest BCUT2D eigenvalue weighted by molar-refractivity contribution is 4.53. The molecule has 0 spiro atoms. The van der Waals surface area contributed by atoms with Crippen molar-refractivity contribution in [2.75, 3.05) is 0 Å². The third-order valence-electron chi connectivity index (χ3n) is 7.28. The zero-order valence-corrected chi connectivity index (χ0v) is 23.1. The molecule has 32 heavy (non-hydrogen) atoms. The smallest absolute Gasteiger partial charge is 0.0471 e. The van der Waals surface area contributed by atoms with Crippen molar-refractivity contribution in [2.45, 2.75) is 194 Å². The molecular weight excluding hydrogens is 384 g/mol. The van der Waals surface area contributed by atoms with Crippen molar-refractivity contribution in [2.24, 2.45) is 5.92 Å². The number of hydrogen-bond acceptors (Lipinski definition) is 0. The molecule has 0 N–H and O–H groups in total. The summed E-state index contributed by atoms with van der Waals surface area (Å²) < 4.78 is 0. The van der Waals surface area contributed by atoms with E-state index in [2.05, 4.69) is 20.8 Å². The molecule has 0 bridgehead atoms. The minimum Gasteiger partial charge on any atom is -0.0628 e. The second-order valence-electron chi connectivity index (χ2n) is 11.2. The lowest BCUT2D eigenvalue weighted by atomic mass is 10.0. The molecule has 0 aromatic heterocycles. The highest BCUT2D eigenvalue weighted by atomic mass is 14.0. The van der Waals surface area contributed by atoms with Crippen molar-refractivity contribution < 1.29 is 0 Å². The van der Waals surface area contributed by atoms with Crippen molar-refractivity contribution in [3.8, 4) is 0 Å². The molecule has 0 saturated heterocycles. The van der Waals surface area contributed by atoms with E-state index in [0.717, 1.165) is 12.3 Å². The molecule has 0 rings (SSSR count). The third-order valence-corrected chi connectivity index (χ3v) is 7.28. The summed E-state index contributed by atoms with van der Waals surface area (Å²) in [6.07, 6.45) is 40.8. The van der Waals surface area contributed by atoms with Crippen LogP contribution in [0.1, 0.15) is 194 Å². The summed E-state index contributed by atoms with van der Waals surface area (Å²) >= 11 is 0. The van der Waals surface area contributed by atoms with E-state index in [1.807, 2.05) is 0 Å². The van der Waals surface area contributed by atoms with Gasteiger partial charge in [-0.05, 0) is 5.92 Å². The van der Waals surface area contributed by atoms with E-state index in [-0.39, 0.29) is 0 Å². The van der Waals surface area contributed by atoms with Gasteiger partial charge in [-0.3, -0.25) is 0 Å². The van der Waals surface area contributed by atoms with Crippen LogP contribution >= 0.6 is 0 Å². The average Bonchev–Trinajstić information content (AvgIpc) is 2.78. The van der Waals surface area contributed by atoms with E-state index in [0.29, 0.717) is 0 Å². The van der Waals surface area contributed by atoms with Gasteiger partial charge in [-0.25, -0.2) is 0 Å². The fourth-order valence-corrected chi connectivity index (χ4v) is 4.97. The van der Waals surface area contributed by atoms with Crippen LogP contribution in [0, 0.1) is 12.8 Å². The zero-order valence-electron chi connectivity index (χ0n) is 23.1. The Morgan fingerprint density at radius 3 is 0.688 bits per heavy atom. The molecule has 0 aromatic rings. The van der Waals surface area contributed by atoms with Gasteiger partial charge in [0.25, 0.3) is 0 Å². The largest absolute Gasteiger partial charge is 0.0628 e. The summed E-state index contributed by atoms with van der Waals surface area (Å²) in [5, 5.41) is 0. The van der Waals surface area contributed by atoms with Gasteiger partial charge in [0.2, 0.25) is 0 Å². The van der Waals surface area contributed by atoms with Crippen LogP contribution in [0.5, 0.6) is 0 Å². The molecule has 0 atom stereocenters. The van der Waals surface area contributed by atoms with Crippen LogP contribution in [0.3, 0.4) is 0 Å². The SMILES string of the molecule is [CH2]CCCCCCCCCCCCCCCCCCCCCCCCCCCCC(C)C. The Balaban J connectivity index is 3.00. The van der Waals surface area contributed by atoms with E-state index in [4.69, 9.17) is 0 Å². The molecule has 0 aliphatic heterocycles. The first kappa shape index (κ1) is 32.0. The second kappa shape index (κ2) is 29.0. The Morgan fingerprint density at radius 2 is 0.500 bits per heavy atom. The summed E-state index contributed by atoms with van der Waals surface area (Å²) in [6.45, 7) is 8.61. The molecule has 0 aliphatic carbocycles. The highest BCUT2D eigenvalue weighted by Crippen LogP contribution is 2.16. The predicted octanol–water partition coefficient (Wildman–Crippen LogP) is 12.4. The molecule has 0 heterocycles. The van der Waals surface area contributed by atoms with Crippen LogP contribution in [0.2, 0.25) is 0 Å². The lowest BCUT2D eigenvalue weighted by Gasteiger charge is -2.05. The number of unbranched alkanes of at least 4 members (excludes halogenated alkanes) is 26. The van der Waals surface area contributed by atoms with Gasteiger partial charge in [0.05, 0.1) is 0 Å². The Morgan fingerprint density at radius 1 is 0.312 bits per heavy atom. The third kappa shape index (κ3) is 30.0. The van der Waals surface area contributed by atoms with Gasteiger partial charge >= 0.3 is 0 Å². The predicted molar refractivity (Wildman–Crippen MR) is 149 cm³/mol. The van der Waals surface area contributed by atoms with Gasteiger partial charge in [0, 0.05) is 0 Å².